The summed E-state index contributed by atoms with van der Waals surface area (Å²) in [5.41, 5.74) is 1.93. The average Bonchev–Trinajstić information content (AvgIpc) is 2.95. The summed E-state index contributed by atoms with van der Waals surface area (Å²) in [6, 6.07) is 18.8. The van der Waals surface area contributed by atoms with Gasteiger partial charge < -0.3 is 5.32 Å². The van der Waals surface area contributed by atoms with Crippen molar-refractivity contribution in [3.8, 4) is 5.69 Å². The van der Waals surface area contributed by atoms with Crippen LogP contribution in [-0.2, 0) is 0 Å². The predicted octanol–water partition coefficient (Wildman–Crippen LogP) is 3.72. The second kappa shape index (κ2) is 6.45. The van der Waals surface area contributed by atoms with Gasteiger partial charge in [-0.3, -0.25) is 15.1 Å². The lowest BCUT2D eigenvalue weighted by Gasteiger charge is -2.02. The number of rotatable bonds is 4. The Hall–Kier alpha value is -2.93. The van der Waals surface area contributed by atoms with Crippen molar-refractivity contribution in [1.82, 2.24) is 3.96 Å². The SMILES string of the molecule is CN=c1c([N+](=O)[O-])c(Nc2ccccc2)sn1-c1ccccc1. The molecule has 3 rings (SSSR count). The third kappa shape index (κ3) is 3.00. The standard InChI is InChI=1S/C16H14N4O2S/c1-17-15-14(20(21)22)16(18-12-8-4-2-5-9-12)23-19(15)13-10-6-3-7-11-13/h2-11,18H,1H3. The van der Waals surface area contributed by atoms with Crippen LogP contribution >= 0.6 is 11.5 Å². The summed E-state index contributed by atoms with van der Waals surface area (Å²) in [5, 5.41) is 15.1. The molecule has 2 aromatic carbocycles. The Bertz CT molecular complexity index is 885. The van der Waals surface area contributed by atoms with Gasteiger partial charge in [0.25, 0.3) is 0 Å². The van der Waals surface area contributed by atoms with Gasteiger partial charge in [0, 0.05) is 12.7 Å². The van der Waals surface area contributed by atoms with Gasteiger partial charge in [-0.2, -0.15) is 0 Å². The maximum Gasteiger partial charge on any atom is 0.347 e. The fraction of sp³-hybridized carbons (Fsp3) is 0.0625. The van der Waals surface area contributed by atoms with Crippen molar-refractivity contribution in [1.29, 1.82) is 0 Å². The Morgan fingerprint density at radius 2 is 1.70 bits per heavy atom. The van der Waals surface area contributed by atoms with E-state index < -0.39 is 4.92 Å². The Labute approximate surface area is 136 Å². The van der Waals surface area contributed by atoms with Crippen LogP contribution in [0.15, 0.2) is 65.7 Å². The molecule has 0 saturated heterocycles. The predicted molar refractivity (Wildman–Crippen MR) is 91.5 cm³/mol. The largest absolute Gasteiger partial charge is 0.347 e. The lowest BCUT2D eigenvalue weighted by Crippen LogP contribution is -2.16. The van der Waals surface area contributed by atoms with E-state index in [2.05, 4.69) is 10.3 Å². The molecule has 23 heavy (non-hydrogen) atoms. The molecular weight excluding hydrogens is 312 g/mol. The van der Waals surface area contributed by atoms with E-state index in [1.54, 1.807) is 11.0 Å². The molecular formula is C16H14N4O2S. The molecule has 0 atom stereocenters. The first kappa shape index (κ1) is 15.0. The van der Waals surface area contributed by atoms with E-state index in [0.717, 1.165) is 11.4 Å². The molecule has 1 heterocycles. The number of para-hydroxylation sites is 2. The Morgan fingerprint density at radius 3 is 2.26 bits per heavy atom. The van der Waals surface area contributed by atoms with Crippen LogP contribution in [0.2, 0.25) is 0 Å². The van der Waals surface area contributed by atoms with Gasteiger partial charge in [0.15, 0.2) is 5.00 Å². The molecule has 0 aliphatic rings. The fourth-order valence-electron chi connectivity index (χ4n) is 2.21. The first-order chi connectivity index (χ1) is 11.2. The highest BCUT2D eigenvalue weighted by atomic mass is 32.1. The number of hydrogen-bond donors (Lipinski definition) is 1. The van der Waals surface area contributed by atoms with Crippen molar-refractivity contribution in [2.75, 3.05) is 12.4 Å². The van der Waals surface area contributed by atoms with Crippen molar-refractivity contribution in [2.24, 2.45) is 4.99 Å². The minimum Gasteiger partial charge on any atom is -0.340 e. The van der Waals surface area contributed by atoms with Gasteiger partial charge in [-0.25, -0.2) is 3.96 Å². The molecule has 3 aromatic rings. The van der Waals surface area contributed by atoms with Crippen molar-refractivity contribution in [3.63, 3.8) is 0 Å². The molecule has 0 radical (unpaired) electrons. The first-order valence-corrected chi connectivity index (χ1v) is 7.69. The van der Waals surface area contributed by atoms with Crippen molar-refractivity contribution in [2.45, 2.75) is 0 Å². The molecule has 0 spiro atoms. The number of anilines is 2. The monoisotopic (exact) mass is 326 g/mol. The quantitative estimate of drug-likeness (QED) is 0.586. The lowest BCUT2D eigenvalue weighted by atomic mass is 10.3. The topological polar surface area (TPSA) is 72.5 Å². The van der Waals surface area contributed by atoms with Crippen LogP contribution in [0.3, 0.4) is 0 Å². The van der Waals surface area contributed by atoms with Gasteiger partial charge in [-0.1, -0.05) is 36.4 Å². The smallest absolute Gasteiger partial charge is 0.340 e. The van der Waals surface area contributed by atoms with Crippen LogP contribution in [0, 0.1) is 10.1 Å². The lowest BCUT2D eigenvalue weighted by molar-refractivity contribution is -0.385. The molecule has 0 amide bonds. The normalized spacial score (nSPS) is 11.4. The van der Waals surface area contributed by atoms with Crippen LogP contribution in [0.5, 0.6) is 0 Å². The molecule has 0 aliphatic heterocycles. The van der Waals surface area contributed by atoms with E-state index in [4.69, 9.17) is 0 Å². The van der Waals surface area contributed by atoms with E-state index in [0.29, 0.717) is 10.5 Å². The molecule has 0 unspecified atom stereocenters. The van der Waals surface area contributed by atoms with Gasteiger partial charge in [0.05, 0.1) is 10.6 Å². The second-order valence-electron chi connectivity index (χ2n) is 4.69. The van der Waals surface area contributed by atoms with Crippen LogP contribution in [0.4, 0.5) is 16.4 Å². The number of nitrogens with zero attached hydrogens (tertiary/aromatic N) is 3. The third-order valence-corrected chi connectivity index (χ3v) is 4.26. The summed E-state index contributed by atoms with van der Waals surface area (Å²) in [6.45, 7) is 0. The molecule has 116 valence electrons. The minimum atomic E-state index is -0.399. The van der Waals surface area contributed by atoms with E-state index in [1.807, 2.05) is 60.7 Å². The molecule has 0 aliphatic carbocycles. The first-order valence-electron chi connectivity index (χ1n) is 6.91. The van der Waals surface area contributed by atoms with Crippen LogP contribution < -0.4 is 10.8 Å². The number of nitrogens with one attached hydrogen (secondary N) is 1. The van der Waals surface area contributed by atoms with Gasteiger partial charge in [-0.05, 0) is 35.8 Å². The molecule has 1 aromatic heterocycles. The van der Waals surface area contributed by atoms with Gasteiger partial charge in [-0.15, -0.1) is 0 Å². The highest BCUT2D eigenvalue weighted by Crippen LogP contribution is 2.31. The van der Waals surface area contributed by atoms with Crippen LogP contribution in [-0.4, -0.2) is 15.9 Å². The Morgan fingerprint density at radius 1 is 1.09 bits per heavy atom. The highest BCUT2D eigenvalue weighted by Gasteiger charge is 2.24. The van der Waals surface area contributed by atoms with E-state index >= 15 is 0 Å². The molecule has 0 bridgehead atoms. The van der Waals surface area contributed by atoms with Crippen LogP contribution in [0.1, 0.15) is 0 Å². The number of benzene rings is 2. The summed E-state index contributed by atoms with van der Waals surface area (Å²) >= 11 is 1.26. The zero-order valence-electron chi connectivity index (χ0n) is 12.3. The van der Waals surface area contributed by atoms with Crippen molar-refractivity contribution >= 4 is 27.9 Å². The van der Waals surface area contributed by atoms with E-state index in [9.17, 15) is 10.1 Å². The number of nitro groups is 1. The maximum atomic E-state index is 11.5. The zero-order valence-corrected chi connectivity index (χ0v) is 13.2. The van der Waals surface area contributed by atoms with E-state index in [1.165, 1.54) is 11.5 Å². The van der Waals surface area contributed by atoms with Crippen LogP contribution in [0.25, 0.3) is 5.69 Å². The average molecular weight is 326 g/mol. The summed E-state index contributed by atoms with van der Waals surface area (Å²) in [7, 11) is 1.56. The molecule has 0 saturated carbocycles. The zero-order chi connectivity index (χ0) is 16.2. The van der Waals surface area contributed by atoms with E-state index in [-0.39, 0.29) is 5.69 Å². The highest BCUT2D eigenvalue weighted by molar-refractivity contribution is 7.11. The molecule has 0 fully saturated rings. The van der Waals surface area contributed by atoms with Crippen molar-refractivity contribution < 1.29 is 4.92 Å². The summed E-state index contributed by atoms with van der Waals surface area (Å²) in [6.07, 6.45) is 0. The number of aromatic nitrogens is 1. The number of hydrogen-bond acceptors (Lipinski definition) is 5. The Balaban J connectivity index is 2.17. The molecule has 6 nitrogen and oxygen atoms in total. The van der Waals surface area contributed by atoms with Gasteiger partial charge >= 0.3 is 5.69 Å². The maximum absolute atomic E-state index is 11.5. The third-order valence-electron chi connectivity index (χ3n) is 3.22. The van der Waals surface area contributed by atoms with Gasteiger partial charge in [0.2, 0.25) is 5.49 Å². The summed E-state index contributed by atoms with van der Waals surface area (Å²) in [5.74, 6) is 0. The fourth-order valence-corrected chi connectivity index (χ4v) is 3.29. The molecule has 1 N–H and O–H groups in total. The minimum absolute atomic E-state index is 0.0230. The van der Waals surface area contributed by atoms with Crippen molar-refractivity contribution in [3.05, 3.63) is 76.3 Å². The summed E-state index contributed by atoms with van der Waals surface area (Å²) in [4.78, 5) is 15.3. The van der Waals surface area contributed by atoms with Gasteiger partial charge in [0.1, 0.15) is 0 Å². The second-order valence-corrected chi connectivity index (χ2v) is 5.65. The Kier molecular flexibility index (Phi) is 4.20. The molecule has 7 heteroatoms. The summed E-state index contributed by atoms with van der Waals surface area (Å²) < 4.78 is 1.75.